The van der Waals surface area contributed by atoms with Gasteiger partial charge in [0.15, 0.2) is 0 Å². The van der Waals surface area contributed by atoms with Crippen molar-refractivity contribution in [3.63, 3.8) is 0 Å². The lowest BCUT2D eigenvalue weighted by molar-refractivity contribution is 0.597. The van der Waals surface area contributed by atoms with Crippen LogP contribution in [0.15, 0.2) is 23.1 Å². The average molecular weight is 258 g/mol. The molecule has 1 aromatic carbocycles. The maximum absolute atomic E-state index is 11.0. The van der Waals surface area contributed by atoms with Gasteiger partial charge in [-0.15, -0.1) is 24.8 Å². The molecule has 3 nitrogen and oxygen atoms in total. The summed E-state index contributed by atoms with van der Waals surface area (Å²) in [5, 5.41) is 5.00. The first-order valence-corrected chi connectivity index (χ1v) is 5.06. The molecule has 6 heteroatoms. The molecule has 0 unspecified atom stereocenters. The molecule has 0 aliphatic rings. The summed E-state index contributed by atoms with van der Waals surface area (Å²) < 4.78 is 22.0. The van der Waals surface area contributed by atoms with E-state index in [9.17, 15) is 8.42 Å². The molecule has 2 N–H and O–H groups in total. The van der Waals surface area contributed by atoms with Crippen LogP contribution in [0.4, 0.5) is 0 Å². The van der Waals surface area contributed by atoms with E-state index in [0.29, 0.717) is 0 Å². The summed E-state index contributed by atoms with van der Waals surface area (Å²) in [6.07, 6.45) is 0. The van der Waals surface area contributed by atoms with Crippen molar-refractivity contribution in [3.05, 3.63) is 29.3 Å². The quantitative estimate of drug-likeness (QED) is 0.834. The average Bonchev–Trinajstić information content (AvgIpc) is 1.92. The number of rotatable bonds is 1. The molecule has 14 heavy (non-hydrogen) atoms. The van der Waals surface area contributed by atoms with Crippen LogP contribution in [-0.4, -0.2) is 8.42 Å². The molecule has 0 bridgehead atoms. The van der Waals surface area contributed by atoms with Crippen molar-refractivity contribution < 1.29 is 8.42 Å². The Morgan fingerprint density at radius 1 is 1.14 bits per heavy atom. The molecular weight excluding hydrogens is 245 g/mol. The largest absolute Gasteiger partial charge is 0.238 e. The molecular formula is C8H13Cl2NO2S. The molecule has 0 saturated heterocycles. The normalized spacial score (nSPS) is 9.93. The fourth-order valence-corrected chi connectivity index (χ4v) is 1.89. The number of sulfonamides is 1. The van der Waals surface area contributed by atoms with Crippen molar-refractivity contribution in [2.24, 2.45) is 5.14 Å². The van der Waals surface area contributed by atoms with E-state index in [1.807, 2.05) is 13.0 Å². The van der Waals surface area contributed by atoms with Crippen molar-refractivity contribution >= 4 is 34.8 Å². The highest BCUT2D eigenvalue weighted by Gasteiger charge is 2.11. The molecule has 0 aliphatic carbocycles. The van der Waals surface area contributed by atoms with Gasteiger partial charge in [-0.25, -0.2) is 13.6 Å². The summed E-state index contributed by atoms with van der Waals surface area (Å²) in [6.45, 7) is 3.60. The van der Waals surface area contributed by atoms with E-state index in [1.54, 1.807) is 13.0 Å². The summed E-state index contributed by atoms with van der Waals surface area (Å²) in [5.74, 6) is 0. The van der Waals surface area contributed by atoms with Gasteiger partial charge >= 0.3 is 0 Å². The fraction of sp³-hybridized carbons (Fsp3) is 0.250. The van der Waals surface area contributed by atoms with Crippen molar-refractivity contribution in [1.29, 1.82) is 0 Å². The summed E-state index contributed by atoms with van der Waals surface area (Å²) in [4.78, 5) is 0.211. The molecule has 0 heterocycles. The minimum Gasteiger partial charge on any atom is -0.225 e. The smallest absolute Gasteiger partial charge is 0.225 e. The Kier molecular flexibility index (Phi) is 6.41. The minimum absolute atomic E-state index is 0. The van der Waals surface area contributed by atoms with Crippen LogP contribution < -0.4 is 5.14 Å². The third-order valence-corrected chi connectivity index (χ3v) is 2.92. The molecule has 82 valence electrons. The lowest BCUT2D eigenvalue weighted by Crippen LogP contribution is -2.13. The molecule has 1 aromatic rings. The van der Waals surface area contributed by atoms with Crippen LogP contribution in [0, 0.1) is 13.8 Å². The third-order valence-electron chi connectivity index (χ3n) is 1.86. The van der Waals surface area contributed by atoms with E-state index in [1.165, 1.54) is 6.07 Å². The van der Waals surface area contributed by atoms with Crippen LogP contribution in [0.3, 0.4) is 0 Å². The molecule has 0 amide bonds. The number of hydrogen-bond donors (Lipinski definition) is 1. The molecule has 1 rings (SSSR count). The van der Waals surface area contributed by atoms with E-state index >= 15 is 0 Å². The summed E-state index contributed by atoms with van der Waals surface area (Å²) in [7, 11) is -3.56. The van der Waals surface area contributed by atoms with Gasteiger partial charge in [-0.3, -0.25) is 0 Å². The number of primary sulfonamides is 1. The Morgan fingerprint density at radius 2 is 1.64 bits per heavy atom. The van der Waals surface area contributed by atoms with Gasteiger partial charge in [-0.05, 0) is 31.0 Å². The summed E-state index contributed by atoms with van der Waals surface area (Å²) in [5.41, 5.74) is 1.65. The van der Waals surface area contributed by atoms with Gasteiger partial charge in [-0.1, -0.05) is 12.1 Å². The molecule has 0 radical (unpaired) electrons. The highest BCUT2D eigenvalue weighted by Crippen LogP contribution is 2.15. The lowest BCUT2D eigenvalue weighted by Gasteiger charge is -2.04. The van der Waals surface area contributed by atoms with Crippen molar-refractivity contribution in [1.82, 2.24) is 0 Å². The Hall–Kier alpha value is -0.290. The molecule has 0 atom stereocenters. The van der Waals surface area contributed by atoms with Crippen LogP contribution in [0.5, 0.6) is 0 Å². The standard InChI is InChI=1S/C8H11NO2S.2ClH/c1-6-4-3-5-8(7(6)2)12(9,10)11;;/h3-5H,1-2H3,(H2,9,10,11);2*1H. The van der Waals surface area contributed by atoms with Crippen LogP contribution in [-0.2, 0) is 10.0 Å². The van der Waals surface area contributed by atoms with Crippen LogP contribution in [0.1, 0.15) is 11.1 Å². The van der Waals surface area contributed by atoms with Gasteiger partial charge < -0.3 is 0 Å². The Bertz CT molecular complexity index is 404. The van der Waals surface area contributed by atoms with Gasteiger partial charge in [0.25, 0.3) is 0 Å². The second-order valence-electron chi connectivity index (χ2n) is 2.74. The first-order chi connectivity index (χ1) is 5.43. The van der Waals surface area contributed by atoms with Gasteiger partial charge in [-0.2, -0.15) is 0 Å². The fourth-order valence-electron chi connectivity index (χ4n) is 1.03. The van der Waals surface area contributed by atoms with E-state index in [-0.39, 0.29) is 29.7 Å². The first-order valence-electron chi connectivity index (χ1n) is 3.52. The zero-order valence-electron chi connectivity index (χ0n) is 7.85. The summed E-state index contributed by atoms with van der Waals surface area (Å²) in [6, 6.07) is 5.05. The zero-order valence-corrected chi connectivity index (χ0v) is 10.3. The van der Waals surface area contributed by atoms with E-state index < -0.39 is 10.0 Å². The van der Waals surface area contributed by atoms with Gasteiger partial charge in [0.1, 0.15) is 0 Å². The van der Waals surface area contributed by atoms with Gasteiger partial charge in [0.05, 0.1) is 4.90 Å². The minimum atomic E-state index is -3.56. The maximum Gasteiger partial charge on any atom is 0.238 e. The number of hydrogen-bond acceptors (Lipinski definition) is 2. The molecule has 0 aromatic heterocycles. The molecule has 0 aliphatic heterocycles. The van der Waals surface area contributed by atoms with Crippen LogP contribution in [0.2, 0.25) is 0 Å². The maximum atomic E-state index is 11.0. The number of halogens is 2. The number of nitrogens with two attached hydrogens (primary N) is 1. The predicted octanol–water partition coefficient (Wildman–Crippen LogP) is 1.79. The van der Waals surface area contributed by atoms with E-state index in [4.69, 9.17) is 5.14 Å². The van der Waals surface area contributed by atoms with Crippen molar-refractivity contribution in [2.75, 3.05) is 0 Å². The zero-order chi connectivity index (χ0) is 9.35. The first kappa shape index (κ1) is 16.2. The Labute approximate surface area is 96.6 Å². The van der Waals surface area contributed by atoms with Gasteiger partial charge in [0, 0.05) is 0 Å². The van der Waals surface area contributed by atoms with E-state index in [2.05, 4.69) is 0 Å². The Balaban J connectivity index is 0. The van der Waals surface area contributed by atoms with Gasteiger partial charge in [0.2, 0.25) is 10.0 Å². The molecule has 0 spiro atoms. The third kappa shape index (κ3) is 3.46. The Morgan fingerprint density at radius 3 is 2.00 bits per heavy atom. The summed E-state index contributed by atoms with van der Waals surface area (Å²) >= 11 is 0. The van der Waals surface area contributed by atoms with E-state index in [0.717, 1.165) is 11.1 Å². The highest BCUT2D eigenvalue weighted by atomic mass is 35.5. The van der Waals surface area contributed by atoms with Crippen molar-refractivity contribution in [3.8, 4) is 0 Å². The molecule has 0 fully saturated rings. The lowest BCUT2D eigenvalue weighted by atomic mass is 10.1. The van der Waals surface area contributed by atoms with Crippen molar-refractivity contribution in [2.45, 2.75) is 18.7 Å². The second kappa shape index (κ2) is 5.56. The van der Waals surface area contributed by atoms with Crippen LogP contribution >= 0.6 is 24.8 Å². The monoisotopic (exact) mass is 257 g/mol. The highest BCUT2D eigenvalue weighted by molar-refractivity contribution is 7.89. The number of aryl methyl sites for hydroxylation is 1. The molecule has 0 saturated carbocycles. The second-order valence-corrected chi connectivity index (χ2v) is 4.27. The number of benzene rings is 1. The van der Waals surface area contributed by atoms with Crippen LogP contribution in [0.25, 0.3) is 0 Å². The topological polar surface area (TPSA) is 60.2 Å². The SMILES string of the molecule is Cc1cccc(S(N)(=O)=O)c1C.Cl.Cl. The predicted molar refractivity (Wildman–Crippen MR) is 61.8 cm³/mol.